The van der Waals surface area contributed by atoms with Crippen molar-refractivity contribution in [3.63, 3.8) is 0 Å². The second kappa shape index (κ2) is 7.52. The number of fused-ring (bicyclic) bond motifs is 2. The summed E-state index contributed by atoms with van der Waals surface area (Å²) in [6.07, 6.45) is 1.35. The fourth-order valence-corrected chi connectivity index (χ4v) is 3.90. The summed E-state index contributed by atoms with van der Waals surface area (Å²) in [5.74, 6) is 1.29. The van der Waals surface area contributed by atoms with Crippen molar-refractivity contribution < 1.29 is 9.53 Å². The molecule has 28 heavy (non-hydrogen) atoms. The van der Waals surface area contributed by atoms with Crippen molar-refractivity contribution in [2.45, 2.75) is 13.1 Å². The summed E-state index contributed by atoms with van der Waals surface area (Å²) in [5.41, 5.74) is 2.45. The van der Waals surface area contributed by atoms with Gasteiger partial charge >= 0.3 is 0 Å². The van der Waals surface area contributed by atoms with Crippen LogP contribution in [0.5, 0.6) is 5.75 Å². The lowest BCUT2D eigenvalue weighted by Gasteiger charge is -2.34. The van der Waals surface area contributed by atoms with Crippen molar-refractivity contribution in [3.05, 3.63) is 76.8 Å². The molecule has 142 valence electrons. The standard InChI is InChI=1S/C21H20N4O2S/c1-4-11-28-21-23-20(26)18-15-7-5-6-8-16(15)22-19(25(18)24-21)14-9-10-17(27-3)13(2)12-14/h4-10,12,19H,1,11H2,2-3H3,(H,23,24,26)/t19-/m1/s1. The molecule has 0 fully saturated rings. The number of nitrogens with zero attached hydrogens (tertiary/aromatic N) is 3. The van der Waals surface area contributed by atoms with Crippen molar-refractivity contribution in [3.8, 4) is 5.75 Å². The van der Waals surface area contributed by atoms with Crippen LogP contribution in [0, 0.1) is 6.92 Å². The molecule has 2 aromatic carbocycles. The maximum absolute atomic E-state index is 12.9. The molecule has 0 saturated carbocycles. The Morgan fingerprint density at radius 2 is 2.14 bits per heavy atom. The van der Waals surface area contributed by atoms with Gasteiger partial charge in [-0.25, -0.2) is 5.01 Å². The largest absolute Gasteiger partial charge is 0.496 e. The number of methoxy groups -OCH3 is 1. The summed E-state index contributed by atoms with van der Waals surface area (Å²) in [5, 5.41) is 11.4. The zero-order valence-electron chi connectivity index (χ0n) is 15.7. The van der Waals surface area contributed by atoms with Gasteiger partial charge in [-0.1, -0.05) is 42.1 Å². The molecule has 7 heteroatoms. The highest BCUT2D eigenvalue weighted by molar-refractivity contribution is 8.14. The third-order valence-corrected chi connectivity index (χ3v) is 5.43. The molecule has 1 atom stereocenters. The molecule has 0 aromatic heterocycles. The molecule has 0 radical (unpaired) electrons. The van der Waals surface area contributed by atoms with E-state index in [0.29, 0.717) is 16.6 Å². The minimum Gasteiger partial charge on any atom is -0.496 e. The minimum atomic E-state index is -0.431. The zero-order valence-corrected chi connectivity index (χ0v) is 16.5. The molecule has 1 N–H and O–H groups in total. The van der Waals surface area contributed by atoms with E-state index in [-0.39, 0.29) is 5.91 Å². The second-order valence-electron chi connectivity index (χ2n) is 6.40. The molecule has 4 rings (SSSR count). The Balaban J connectivity index is 1.89. The SMILES string of the molecule is C=CCSC1=NN2C(=c3ccccc3=N[C@H]2c2ccc(OC)c(C)c2)C(=O)N1. The van der Waals surface area contributed by atoms with Gasteiger partial charge in [-0.15, -0.1) is 11.7 Å². The highest BCUT2D eigenvalue weighted by Gasteiger charge is 2.34. The molecule has 2 aliphatic heterocycles. The van der Waals surface area contributed by atoms with E-state index in [1.54, 1.807) is 18.2 Å². The third kappa shape index (κ3) is 3.18. The Labute approximate surface area is 167 Å². The first kappa shape index (κ1) is 18.3. The van der Waals surface area contributed by atoms with Crippen LogP contribution in [0.1, 0.15) is 17.3 Å². The maximum atomic E-state index is 12.9. The minimum absolute atomic E-state index is 0.181. The smallest absolute Gasteiger partial charge is 0.276 e. The first-order valence-electron chi connectivity index (χ1n) is 8.87. The molecule has 0 aliphatic carbocycles. The molecule has 2 aliphatic rings. The monoisotopic (exact) mass is 392 g/mol. The predicted octanol–water partition coefficient (Wildman–Crippen LogP) is 2.07. The average Bonchev–Trinajstić information content (AvgIpc) is 2.71. The van der Waals surface area contributed by atoms with E-state index in [9.17, 15) is 4.79 Å². The van der Waals surface area contributed by atoms with E-state index in [2.05, 4.69) is 11.9 Å². The lowest BCUT2D eigenvalue weighted by atomic mass is 10.1. The van der Waals surface area contributed by atoms with Gasteiger partial charge in [0, 0.05) is 11.0 Å². The highest BCUT2D eigenvalue weighted by atomic mass is 32.2. The van der Waals surface area contributed by atoms with Crippen LogP contribution >= 0.6 is 11.8 Å². The Morgan fingerprint density at radius 1 is 1.32 bits per heavy atom. The third-order valence-electron chi connectivity index (χ3n) is 4.57. The van der Waals surface area contributed by atoms with Gasteiger partial charge in [-0.3, -0.25) is 15.1 Å². The Morgan fingerprint density at radius 3 is 2.89 bits per heavy atom. The van der Waals surface area contributed by atoms with Crippen molar-refractivity contribution in [2.75, 3.05) is 12.9 Å². The van der Waals surface area contributed by atoms with Crippen LogP contribution in [-0.4, -0.2) is 28.9 Å². The number of benzene rings is 2. The number of hydrazone groups is 1. The predicted molar refractivity (Wildman–Crippen MR) is 111 cm³/mol. The van der Waals surface area contributed by atoms with Gasteiger partial charge in [-0.05, 0) is 36.2 Å². The zero-order chi connectivity index (χ0) is 19.7. The number of carbonyl (C=O) groups is 1. The van der Waals surface area contributed by atoms with Crippen LogP contribution in [0.25, 0.3) is 5.70 Å². The molecule has 0 spiro atoms. The van der Waals surface area contributed by atoms with Crippen molar-refractivity contribution >= 4 is 28.5 Å². The molecular formula is C21H20N4O2S. The van der Waals surface area contributed by atoms with Gasteiger partial charge in [0.15, 0.2) is 11.3 Å². The number of hydrogen-bond acceptors (Lipinski definition) is 6. The van der Waals surface area contributed by atoms with Gasteiger partial charge in [0.1, 0.15) is 11.4 Å². The molecule has 6 nitrogen and oxygen atoms in total. The van der Waals surface area contributed by atoms with Crippen molar-refractivity contribution in [1.29, 1.82) is 0 Å². The van der Waals surface area contributed by atoms with Crippen LogP contribution in [0.2, 0.25) is 0 Å². The second-order valence-corrected chi connectivity index (χ2v) is 7.41. The summed E-state index contributed by atoms with van der Waals surface area (Å²) in [4.78, 5) is 17.8. The number of para-hydroxylation sites is 1. The molecule has 2 heterocycles. The number of nitrogens with one attached hydrogen (secondary N) is 1. The van der Waals surface area contributed by atoms with Gasteiger partial charge in [-0.2, -0.15) is 0 Å². The number of rotatable bonds is 4. The molecular weight excluding hydrogens is 372 g/mol. The number of hydrogen-bond donors (Lipinski definition) is 1. The van der Waals surface area contributed by atoms with Crippen LogP contribution in [-0.2, 0) is 4.79 Å². The van der Waals surface area contributed by atoms with E-state index in [1.807, 2.05) is 49.4 Å². The number of aryl methyl sites for hydroxylation is 1. The van der Waals surface area contributed by atoms with Crippen LogP contribution in [0.15, 0.2) is 65.2 Å². The van der Waals surface area contributed by atoms with Gasteiger partial charge < -0.3 is 4.74 Å². The number of carbonyl (C=O) groups excluding carboxylic acids is 1. The number of amides is 1. The van der Waals surface area contributed by atoms with E-state index < -0.39 is 6.17 Å². The number of ether oxygens (including phenoxy) is 1. The van der Waals surface area contributed by atoms with Crippen LogP contribution < -0.4 is 20.6 Å². The lowest BCUT2D eigenvalue weighted by Crippen LogP contribution is -2.50. The van der Waals surface area contributed by atoms with Gasteiger partial charge in [0.25, 0.3) is 5.91 Å². The topological polar surface area (TPSA) is 66.3 Å². The average molecular weight is 392 g/mol. The first-order chi connectivity index (χ1) is 13.6. The number of amidine groups is 1. The van der Waals surface area contributed by atoms with Gasteiger partial charge in [0.2, 0.25) is 0 Å². The fraction of sp³-hybridized carbons (Fsp3) is 0.190. The molecule has 2 aromatic rings. The Bertz CT molecular complexity index is 1110. The first-order valence-corrected chi connectivity index (χ1v) is 9.85. The summed E-state index contributed by atoms with van der Waals surface area (Å²) >= 11 is 1.43. The Hall–Kier alpha value is -3.06. The van der Waals surface area contributed by atoms with Crippen molar-refractivity contribution in [1.82, 2.24) is 10.3 Å². The fourth-order valence-electron chi connectivity index (χ4n) is 3.31. The summed E-state index contributed by atoms with van der Waals surface area (Å²) in [6, 6.07) is 13.5. The Kier molecular flexibility index (Phi) is 4.92. The highest BCUT2D eigenvalue weighted by Crippen LogP contribution is 2.32. The summed E-state index contributed by atoms with van der Waals surface area (Å²) < 4.78 is 5.37. The summed E-state index contributed by atoms with van der Waals surface area (Å²) in [7, 11) is 1.65. The lowest BCUT2D eigenvalue weighted by molar-refractivity contribution is -0.116. The molecule has 1 amide bonds. The van der Waals surface area contributed by atoms with Crippen LogP contribution in [0.3, 0.4) is 0 Å². The quantitative estimate of drug-likeness (QED) is 0.809. The maximum Gasteiger partial charge on any atom is 0.276 e. The van der Waals surface area contributed by atoms with E-state index in [1.165, 1.54) is 11.8 Å². The molecule has 0 saturated heterocycles. The summed E-state index contributed by atoms with van der Waals surface area (Å²) in [6.45, 7) is 5.71. The number of thioether (sulfide) groups is 1. The van der Waals surface area contributed by atoms with E-state index in [0.717, 1.165) is 27.5 Å². The van der Waals surface area contributed by atoms with E-state index in [4.69, 9.17) is 14.8 Å². The van der Waals surface area contributed by atoms with Crippen molar-refractivity contribution in [2.24, 2.45) is 10.1 Å². The normalized spacial score (nSPS) is 17.7. The molecule has 0 bridgehead atoms. The molecule has 0 unspecified atom stereocenters. The van der Waals surface area contributed by atoms with E-state index >= 15 is 0 Å². The van der Waals surface area contributed by atoms with Gasteiger partial charge in [0.05, 0.1) is 12.5 Å². The van der Waals surface area contributed by atoms with Crippen LogP contribution in [0.4, 0.5) is 0 Å².